The molecular formula is C13H26N4. The first-order valence-electron chi connectivity index (χ1n) is 6.56. The summed E-state index contributed by atoms with van der Waals surface area (Å²) in [7, 11) is 4.01. The second kappa shape index (κ2) is 7.45. The molecule has 1 aromatic rings. The molecular weight excluding hydrogens is 212 g/mol. The van der Waals surface area contributed by atoms with Crippen LogP contribution in [0, 0.1) is 0 Å². The van der Waals surface area contributed by atoms with Gasteiger partial charge in [0.05, 0.1) is 6.20 Å². The number of nitrogens with one attached hydrogen (secondary N) is 1. The quantitative estimate of drug-likeness (QED) is 0.741. The first-order valence-corrected chi connectivity index (χ1v) is 6.56. The van der Waals surface area contributed by atoms with Crippen molar-refractivity contribution in [3.63, 3.8) is 0 Å². The van der Waals surface area contributed by atoms with E-state index < -0.39 is 0 Å². The van der Waals surface area contributed by atoms with Crippen molar-refractivity contribution in [3.05, 3.63) is 18.0 Å². The van der Waals surface area contributed by atoms with E-state index in [2.05, 4.69) is 35.4 Å². The van der Waals surface area contributed by atoms with Crippen molar-refractivity contribution in [2.24, 2.45) is 7.05 Å². The molecule has 1 heterocycles. The van der Waals surface area contributed by atoms with Gasteiger partial charge in [0.15, 0.2) is 0 Å². The predicted molar refractivity (Wildman–Crippen MR) is 72.2 cm³/mol. The minimum absolute atomic E-state index is 0.541. The minimum atomic E-state index is 0.541. The maximum absolute atomic E-state index is 4.21. The highest BCUT2D eigenvalue weighted by Crippen LogP contribution is 2.05. The van der Waals surface area contributed by atoms with Crippen molar-refractivity contribution < 1.29 is 0 Å². The van der Waals surface area contributed by atoms with Gasteiger partial charge in [-0.2, -0.15) is 5.10 Å². The molecule has 0 saturated heterocycles. The lowest BCUT2D eigenvalue weighted by Crippen LogP contribution is -2.33. The van der Waals surface area contributed by atoms with E-state index in [4.69, 9.17) is 0 Å². The molecule has 0 aliphatic carbocycles. The van der Waals surface area contributed by atoms with Crippen LogP contribution in [0.2, 0.25) is 0 Å². The van der Waals surface area contributed by atoms with Crippen molar-refractivity contribution in [3.8, 4) is 0 Å². The van der Waals surface area contributed by atoms with Gasteiger partial charge in [-0.3, -0.25) is 4.68 Å². The zero-order valence-corrected chi connectivity index (χ0v) is 11.6. The van der Waals surface area contributed by atoms with Gasteiger partial charge in [0, 0.05) is 19.3 Å². The van der Waals surface area contributed by atoms with E-state index in [-0.39, 0.29) is 0 Å². The van der Waals surface area contributed by atoms with Gasteiger partial charge in [0.1, 0.15) is 0 Å². The van der Waals surface area contributed by atoms with Gasteiger partial charge in [0.25, 0.3) is 0 Å². The Kier molecular flexibility index (Phi) is 6.22. The molecule has 4 heteroatoms. The molecule has 98 valence electrons. The van der Waals surface area contributed by atoms with Crippen LogP contribution in [0.4, 0.5) is 0 Å². The Bertz CT molecular complexity index is 304. The van der Waals surface area contributed by atoms with E-state index in [9.17, 15) is 0 Å². The molecule has 0 amide bonds. The zero-order chi connectivity index (χ0) is 12.7. The molecule has 0 fully saturated rings. The topological polar surface area (TPSA) is 33.1 Å². The maximum Gasteiger partial charge on any atom is 0.0522 e. The molecule has 1 rings (SSSR count). The van der Waals surface area contributed by atoms with Crippen LogP contribution in [0.15, 0.2) is 12.4 Å². The summed E-state index contributed by atoms with van der Waals surface area (Å²) in [5.74, 6) is 0. The lowest BCUT2D eigenvalue weighted by Gasteiger charge is -2.22. The summed E-state index contributed by atoms with van der Waals surface area (Å²) in [5.41, 5.74) is 1.31. The van der Waals surface area contributed by atoms with E-state index in [0.717, 1.165) is 19.5 Å². The fraction of sp³-hybridized carbons (Fsp3) is 0.769. The Balaban J connectivity index is 2.38. The molecule has 0 bridgehead atoms. The fourth-order valence-electron chi connectivity index (χ4n) is 2.09. The molecule has 0 aliphatic rings. The minimum Gasteiger partial charge on any atom is -0.317 e. The largest absolute Gasteiger partial charge is 0.317 e. The molecule has 1 aromatic heterocycles. The molecule has 1 atom stereocenters. The molecule has 0 aliphatic heterocycles. The Labute approximate surface area is 105 Å². The van der Waals surface area contributed by atoms with Crippen molar-refractivity contribution in [1.29, 1.82) is 0 Å². The van der Waals surface area contributed by atoms with Crippen LogP contribution in [0.1, 0.15) is 25.8 Å². The first kappa shape index (κ1) is 14.2. The van der Waals surface area contributed by atoms with Crippen LogP contribution in [0.25, 0.3) is 0 Å². The fourth-order valence-corrected chi connectivity index (χ4v) is 2.09. The molecule has 1 N–H and O–H groups in total. The molecule has 0 spiro atoms. The third-order valence-electron chi connectivity index (χ3n) is 3.34. The monoisotopic (exact) mass is 238 g/mol. The molecule has 0 radical (unpaired) electrons. The van der Waals surface area contributed by atoms with Crippen LogP contribution >= 0.6 is 0 Å². The molecule has 17 heavy (non-hydrogen) atoms. The summed E-state index contributed by atoms with van der Waals surface area (Å²) in [6, 6.07) is 0.541. The third kappa shape index (κ3) is 4.88. The van der Waals surface area contributed by atoms with Gasteiger partial charge in [-0.25, -0.2) is 0 Å². The molecule has 0 aromatic carbocycles. The number of hydrogen-bond acceptors (Lipinski definition) is 3. The summed E-state index contributed by atoms with van der Waals surface area (Å²) < 4.78 is 1.87. The van der Waals surface area contributed by atoms with E-state index in [1.807, 2.05) is 25.0 Å². The van der Waals surface area contributed by atoms with Gasteiger partial charge in [-0.05, 0) is 45.1 Å². The summed E-state index contributed by atoms with van der Waals surface area (Å²) in [6.45, 7) is 7.89. The highest BCUT2D eigenvalue weighted by Gasteiger charge is 2.10. The normalized spacial score (nSPS) is 13.2. The summed E-state index contributed by atoms with van der Waals surface area (Å²) in [5, 5.41) is 7.61. The lowest BCUT2D eigenvalue weighted by molar-refractivity contribution is 0.283. The van der Waals surface area contributed by atoms with Gasteiger partial charge in [0.2, 0.25) is 0 Å². The van der Waals surface area contributed by atoms with Crippen molar-refractivity contribution in [2.75, 3.05) is 26.7 Å². The van der Waals surface area contributed by atoms with E-state index in [1.165, 1.54) is 18.5 Å². The van der Waals surface area contributed by atoms with Crippen molar-refractivity contribution in [1.82, 2.24) is 20.0 Å². The van der Waals surface area contributed by atoms with Crippen molar-refractivity contribution >= 4 is 0 Å². The van der Waals surface area contributed by atoms with Gasteiger partial charge < -0.3 is 10.2 Å². The smallest absolute Gasteiger partial charge is 0.0522 e. The summed E-state index contributed by atoms with van der Waals surface area (Å²) in [4.78, 5) is 2.47. The van der Waals surface area contributed by atoms with E-state index in [1.54, 1.807) is 0 Å². The first-order chi connectivity index (χ1) is 8.19. The average molecular weight is 238 g/mol. The third-order valence-corrected chi connectivity index (χ3v) is 3.34. The van der Waals surface area contributed by atoms with Crippen LogP contribution < -0.4 is 5.32 Å². The number of nitrogens with zero attached hydrogens (tertiary/aromatic N) is 3. The Hall–Kier alpha value is -0.870. The molecule has 1 unspecified atom stereocenters. The number of aryl methyl sites for hydroxylation is 1. The Morgan fingerprint density at radius 3 is 2.59 bits per heavy atom. The van der Waals surface area contributed by atoms with Crippen LogP contribution in [-0.2, 0) is 13.5 Å². The number of hydrogen-bond donors (Lipinski definition) is 1. The van der Waals surface area contributed by atoms with E-state index >= 15 is 0 Å². The van der Waals surface area contributed by atoms with E-state index in [0.29, 0.717) is 6.04 Å². The van der Waals surface area contributed by atoms with Crippen LogP contribution in [0.5, 0.6) is 0 Å². The number of rotatable bonds is 8. The lowest BCUT2D eigenvalue weighted by atomic mass is 10.1. The Morgan fingerprint density at radius 2 is 2.12 bits per heavy atom. The van der Waals surface area contributed by atoms with Crippen LogP contribution in [-0.4, -0.2) is 47.4 Å². The van der Waals surface area contributed by atoms with Gasteiger partial charge in [-0.1, -0.05) is 13.8 Å². The van der Waals surface area contributed by atoms with Gasteiger partial charge >= 0.3 is 0 Å². The Morgan fingerprint density at radius 1 is 1.41 bits per heavy atom. The number of likely N-dealkylation sites (N-methyl/N-ethyl adjacent to an activating group) is 1. The second-order valence-electron chi connectivity index (χ2n) is 4.53. The SMILES string of the molecule is CCN(CC)CCC(Cc1cnn(C)c1)NC. The highest BCUT2D eigenvalue weighted by molar-refractivity contribution is 5.05. The maximum atomic E-state index is 4.21. The summed E-state index contributed by atoms with van der Waals surface area (Å²) >= 11 is 0. The molecule has 0 saturated carbocycles. The standard InChI is InChI=1S/C13H26N4/c1-5-17(6-2)8-7-13(14-3)9-12-10-15-16(4)11-12/h10-11,13-14H,5-9H2,1-4H3. The predicted octanol–water partition coefficient (Wildman–Crippen LogP) is 1.28. The molecule has 4 nitrogen and oxygen atoms in total. The van der Waals surface area contributed by atoms with Crippen LogP contribution in [0.3, 0.4) is 0 Å². The van der Waals surface area contributed by atoms with Gasteiger partial charge in [-0.15, -0.1) is 0 Å². The average Bonchev–Trinajstić information content (AvgIpc) is 2.74. The second-order valence-corrected chi connectivity index (χ2v) is 4.53. The zero-order valence-electron chi connectivity index (χ0n) is 11.6. The van der Waals surface area contributed by atoms with Crippen molar-refractivity contribution in [2.45, 2.75) is 32.7 Å². The summed E-state index contributed by atoms with van der Waals surface area (Å²) in [6.07, 6.45) is 6.31. The highest BCUT2D eigenvalue weighted by atomic mass is 15.2. The number of aromatic nitrogens is 2.